The zero-order valence-corrected chi connectivity index (χ0v) is 14.8. The van der Waals surface area contributed by atoms with E-state index in [1.54, 1.807) is 12.1 Å². The van der Waals surface area contributed by atoms with Crippen LogP contribution in [0.25, 0.3) is 0 Å². The van der Waals surface area contributed by atoms with Crippen LogP contribution in [-0.2, 0) is 4.79 Å². The van der Waals surface area contributed by atoms with Crippen LogP contribution in [-0.4, -0.2) is 41.4 Å². The monoisotopic (exact) mass is 348 g/mol. The Bertz CT molecular complexity index is 672. The lowest BCUT2D eigenvalue weighted by atomic mass is 10.2. The highest BCUT2D eigenvalue weighted by molar-refractivity contribution is 5.77. The molecule has 0 unspecified atom stereocenters. The van der Waals surface area contributed by atoms with Gasteiger partial charge in [0.15, 0.2) is 0 Å². The van der Waals surface area contributed by atoms with Crippen LogP contribution < -0.4 is 15.4 Å². The molecule has 136 valence electrons. The topological polar surface area (TPSA) is 68.2 Å². The Balaban J connectivity index is 1.62. The van der Waals surface area contributed by atoms with Gasteiger partial charge in [-0.3, -0.25) is 9.48 Å². The van der Waals surface area contributed by atoms with Gasteiger partial charge in [-0.25, -0.2) is 4.39 Å². The van der Waals surface area contributed by atoms with E-state index in [1.807, 2.05) is 30.9 Å². The molecule has 0 radical (unpaired) electrons. The summed E-state index contributed by atoms with van der Waals surface area (Å²) in [5.41, 5.74) is 1.11. The van der Waals surface area contributed by atoms with E-state index >= 15 is 0 Å². The van der Waals surface area contributed by atoms with Crippen LogP contribution in [0.4, 0.5) is 4.39 Å². The number of nitrogens with one attached hydrogen (secondary N) is 2. The van der Waals surface area contributed by atoms with Crippen LogP contribution in [0, 0.1) is 12.7 Å². The number of hydrogen-bond acceptors (Lipinski definition) is 4. The zero-order valence-electron chi connectivity index (χ0n) is 14.8. The van der Waals surface area contributed by atoms with Gasteiger partial charge in [0.2, 0.25) is 5.91 Å². The molecule has 7 heteroatoms. The number of carbonyl (C=O) groups is 1. The molecule has 25 heavy (non-hydrogen) atoms. The average Bonchev–Trinajstić information content (AvgIpc) is 3.04. The van der Waals surface area contributed by atoms with Crippen molar-refractivity contribution in [2.45, 2.75) is 32.9 Å². The van der Waals surface area contributed by atoms with Gasteiger partial charge in [0.05, 0.1) is 25.3 Å². The summed E-state index contributed by atoms with van der Waals surface area (Å²) >= 11 is 0. The molecule has 1 aromatic heterocycles. The fourth-order valence-corrected chi connectivity index (χ4v) is 2.26. The van der Waals surface area contributed by atoms with Crippen molar-refractivity contribution in [3.63, 3.8) is 0 Å². The molecule has 2 rings (SSSR count). The predicted molar refractivity (Wildman–Crippen MR) is 94.0 cm³/mol. The third kappa shape index (κ3) is 6.19. The second kappa shape index (κ2) is 9.17. The molecule has 0 aliphatic rings. The van der Waals surface area contributed by atoms with Crippen molar-refractivity contribution in [3.05, 3.63) is 48.0 Å². The number of carbonyl (C=O) groups excluding carboxylic acids is 1. The molecule has 0 fully saturated rings. The van der Waals surface area contributed by atoms with Crippen LogP contribution in [0.3, 0.4) is 0 Å². The maximum Gasteiger partial charge on any atom is 0.234 e. The first-order chi connectivity index (χ1) is 12.0. The summed E-state index contributed by atoms with van der Waals surface area (Å²) in [4.78, 5) is 11.9. The van der Waals surface area contributed by atoms with E-state index in [1.165, 1.54) is 12.1 Å². The number of rotatable bonds is 9. The van der Waals surface area contributed by atoms with E-state index < -0.39 is 0 Å². The fraction of sp³-hybridized carbons (Fsp3) is 0.444. The van der Waals surface area contributed by atoms with Gasteiger partial charge in [-0.2, -0.15) is 5.10 Å². The molecule has 0 aliphatic carbocycles. The lowest BCUT2D eigenvalue weighted by Gasteiger charge is -2.21. The molecular weight excluding hydrogens is 323 g/mol. The molecule has 1 heterocycles. The number of amides is 1. The molecule has 2 aromatic rings. The normalized spacial score (nSPS) is 13.3. The molecular formula is C18H25FN4O2. The Morgan fingerprint density at radius 2 is 2.04 bits per heavy atom. The largest absolute Gasteiger partial charge is 0.492 e. The minimum Gasteiger partial charge on any atom is -0.492 e. The van der Waals surface area contributed by atoms with Crippen molar-refractivity contribution in [2.24, 2.45) is 0 Å². The van der Waals surface area contributed by atoms with Crippen molar-refractivity contribution in [3.8, 4) is 5.75 Å². The van der Waals surface area contributed by atoms with Gasteiger partial charge in [-0.15, -0.1) is 0 Å². The van der Waals surface area contributed by atoms with Crippen molar-refractivity contribution >= 4 is 5.91 Å². The van der Waals surface area contributed by atoms with Crippen LogP contribution in [0.2, 0.25) is 0 Å². The smallest absolute Gasteiger partial charge is 0.234 e. The Hall–Kier alpha value is -2.41. The number of hydrogen-bond donors (Lipinski definition) is 2. The van der Waals surface area contributed by atoms with E-state index in [9.17, 15) is 9.18 Å². The summed E-state index contributed by atoms with van der Waals surface area (Å²) < 4.78 is 20.1. The summed E-state index contributed by atoms with van der Waals surface area (Å²) in [6, 6.07) is 6.02. The van der Waals surface area contributed by atoms with E-state index in [2.05, 4.69) is 22.7 Å². The summed E-state index contributed by atoms with van der Waals surface area (Å²) in [6.45, 7) is 7.01. The first-order valence-electron chi connectivity index (χ1n) is 8.35. The van der Waals surface area contributed by atoms with Gasteiger partial charge >= 0.3 is 0 Å². The molecule has 0 bridgehead atoms. The number of halogens is 1. The number of aryl methyl sites for hydroxylation is 1. The lowest BCUT2D eigenvalue weighted by molar-refractivity contribution is -0.120. The minimum absolute atomic E-state index is 0.0977. The van der Waals surface area contributed by atoms with Gasteiger partial charge in [0.25, 0.3) is 0 Å². The predicted octanol–water partition coefficient (Wildman–Crippen LogP) is 2.06. The van der Waals surface area contributed by atoms with Gasteiger partial charge in [-0.05, 0) is 50.6 Å². The van der Waals surface area contributed by atoms with Gasteiger partial charge in [0.1, 0.15) is 18.2 Å². The van der Waals surface area contributed by atoms with Gasteiger partial charge in [0, 0.05) is 12.2 Å². The molecule has 0 aliphatic heterocycles. The highest BCUT2D eigenvalue weighted by Crippen LogP contribution is 2.11. The van der Waals surface area contributed by atoms with Crippen LogP contribution in [0.15, 0.2) is 36.7 Å². The lowest BCUT2D eigenvalue weighted by Crippen LogP contribution is -2.42. The third-order valence-electron chi connectivity index (χ3n) is 3.96. The molecule has 0 saturated heterocycles. The molecule has 1 aromatic carbocycles. The molecule has 1 amide bonds. The van der Waals surface area contributed by atoms with E-state index in [-0.39, 0.29) is 30.4 Å². The Kier molecular flexibility index (Phi) is 6.94. The Morgan fingerprint density at radius 3 is 2.68 bits per heavy atom. The SMILES string of the molecule is Cc1cnn([C@H](C)[C@H](C)NCC(=O)NCCOc2ccc(F)cc2)c1. The fourth-order valence-electron chi connectivity index (χ4n) is 2.26. The number of ether oxygens (including phenoxy) is 1. The highest BCUT2D eigenvalue weighted by atomic mass is 19.1. The minimum atomic E-state index is -0.305. The Labute approximate surface area is 147 Å². The van der Waals surface area contributed by atoms with Crippen molar-refractivity contribution in [1.29, 1.82) is 0 Å². The number of nitrogens with zero attached hydrogens (tertiary/aromatic N) is 2. The van der Waals surface area contributed by atoms with Crippen molar-refractivity contribution < 1.29 is 13.9 Å². The maximum absolute atomic E-state index is 12.8. The van der Waals surface area contributed by atoms with Gasteiger partial charge in [-0.1, -0.05) is 0 Å². The summed E-state index contributed by atoms with van der Waals surface area (Å²) in [5.74, 6) is 0.171. The van der Waals surface area contributed by atoms with E-state index in [0.29, 0.717) is 18.9 Å². The number of aromatic nitrogens is 2. The summed E-state index contributed by atoms with van der Waals surface area (Å²) in [7, 11) is 0. The zero-order chi connectivity index (χ0) is 18.2. The van der Waals surface area contributed by atoms with Crippen molar-refractivity contribution in [1.82, 2.24) is 20.4 Å². The first kappa shape index (κ1) is 18.9. The summed E-state index contributed by atoms with van der Waals surface area (Å²) in [6.07, 6.45) is 3.80. The second-order valence-electron chi connectivity index (χ2n) is 6.06. The maximum atomic E-state index is 12.8. The standard InChI is InChI=1S/C18H25FN4O2/c1-13-10-22-23(12-13)15(3)14(2)21-11-18(24)20-8-9-25-17-6-4-16(19)5-7-17/h4-7,10,12,14-15,21H,8-9,11H2,1-3H3,(H,20,24)/t14-,15+/m0/s1. The Morgan fingerprint density at radius 1 is 1.32 bits per heavy atom. The molecule has 0 saturated carbocycles. The van der Waals surface area contributed by atoms with E-state index in [4.69, 9.17) is 4.74 Å². The van der Waals surface area contributed by atoms with Crippen molar-refractivity contribution in [2.75, 3.05) is 19.7 Å². The molecule has 2 atom stereocenters. The third-order valence-corrected chi connectivity index (χ3v) is 3.96. The molecule has 2 N–H and O–H groups in total. The van der Waals surface area contributed by atoms with Crippen LogP contribution >= 0.6 is 0 Å². The average molecular weight is 348 g/mol. The highest BCUT2D eigenvalue weighted by Gasteiger charge is 2.15. The first-order valence-corrected chi connectivity index (χ1v) is 8.35. The number of benzene rings is 1. The molecule has 6 nitrogen and oxygen atoms in total. The summed E-state index contributed by atoms with van der Waals surface area (Å²) in [5, 5.41) is 10.3. The quantitative estimate of drug-likeness (QED) is 0.681. The van der Waals surface area contributed by atoms with Crippen LogP contribution in [0.1, 0.15) is 25.5 Å². The van der Waals surface area contributed by atoms with Crippen LogP contribution in [0.5, 0.6) is 5.75 Å². The van der Waals surface area contributed by atoms with E-state index in [0.717, 1.165) is 5.56 Å². The van der Waals surface area contributed by atoms with Gasteiger partial charge < -0.3 is 15.4 Å². The second-order valence-corrected chi connectivity index (χ2v) is 6.06. The molecule has 0 spiro atoms.